The Hall–Kier alpha value is -0.460. The average Bonchev–Trinajstić information content (AvgIpc) is 2.01. The summed E-state index contributed by atoms with van der Waals surface area (Å²) in [6.45, 7) is 11.0. The lowest BCUT2D eigenvalue weighted by atomic mass is 9.88. The molecule has 1 nitrogen and oxygen atoms in total. The van der Waals surface area contributed by atoms with E-state index in [0.29, 0.717) is 5.41 Å². The lowest BCUT2D eigenvalue weighted by Gasteiger charge is -2.23. The Morgan fingerprint density at radius 3 is 2.50 bits per heavy atom. The summed E-state index contributed by atoms with van der Waals surface area (Å²) >= 11 is 0. The maximum absolute atomic E-state index is 5.19. The van der Waals surface area contributed by atoms with Crippen LogP contribution in [0.2, 0.25) is 0 Å². The summed E-state index contributed by atoms with van der Waals surface area (Å²) in [6, 6.07) is 0. The van der Waals surface area contributed by atoms with Crippen LogP contribution in [-0.2, 0) is 4.74 Å². The Morgan fingerprint density at radius 2 is 2.00 bits per heavy atom. The molecule has 0 heterocycles. The maximum Gasteiger partial charge on any atom is 0.0923 e. The van der Waals surface area contributed by atoms with Crippen LogP contribution in [0.25, 0.3) is 0 Å². The van der Waals surface area contributed by atoms with Gasteiger partial charge in [-0.15, -0.1) is 0 Å². The minimum Gasteiger partial charge on any atom is -0.501 e. The molecule has 0 aliphatic heterocycles. The third kappa shape index (κ3) is 6.26. The van der Waals surface area contributed by atoms with Gasteiger partial charge in [0.25, 0.3) is 0 Å². The molecule has 0 aliphatic rings. The van der Waals surface area contributed by atoms with E-state index in [1.54, 1.807) is 0 Å². The van der Waals surface area contributed by atoms with E-state index in [9.17, 15) is 0 Å². The predicted molar refractivity (Wildman–Crippen MR) is 54.1 cm³/mol. The molecule has 1 heteroatoms. The summed E-state index contributed by atoms with van der Waals surface area (Å²) in [4.78, 5) is 0. The first-order chi connectivity index (χ1) is 5.62. The number of rotatable bonds is 7. The van der Waals surface area contributed by atoms with Crippen molar-refractivity contribution in [1.82, 2.24) is 0 Å². The number of unbranched alkanes of at least 4 members (excludes halogenated alkanes) is 2. The van der Waals surface area contributed by atoms with Crippen molar-refractivity contribution in [3.05, 3.63) is 12.8 Å². The zero-order valence-electron chi connectivity index (χ0n) is 8.73. The smallest absolute Gasteiger partial charge is 0.0923 e. The molecule has 0 saturated heterocycles. The van der Waals surface area contributed by atoms with E-state index >= 15 is 0 Å². The second-order valence-corrected chi connectivity index (χ2v) is 4.10. The second kappa shape index (κ2) is 6.10. The van der Waals surface area contributed by atoms with Crippen molar-refractivity contribution in [1.29, 1.82) is 0 Å². The quantitative estimate of drug-likeness (QED) is 0.417. The molecule has 0 rings (SSSR count). The fourth-order valence-electron chi connectivity index (χ4n) is 1.21. The fraction of sp³-hybridized carbons (Fsp3) is 0.818. The van der Waals surface area contributed by atoms with Gasteiger partial charge in [0.2, 0.25) is 0 Å². The van der Waals surface area contributed by atoms with Gasteiger partial charge in [0.1, 0.15) is 0 Å². The van der Waals surface area contributed by atoms with Crippen LogP contribution >= 0.6 is 0 Å². The highest BCUT2D eigenvalue weighted by Crippen LogP contribution is 2.23. The molecule has 0 N–H and O–H groups in total. The molecule has 0 fully saturated rings. The third-order valence-corrected chi connectivity index (χ3v) is 2.05. The molecule has 0 aromatic carbocycles. The van der Waals surface area contributed by atoms with Crippen LogP contribution in [-0.4, -0.2) is 6.61 Å². The molecule has 0 aromatic rings. The van der Waals surface area contributed by atoms with Gasteiger partial charge in [0.05, 0.1) is 12.9 Å². The van der Waals surface area contributed by atoms with E-state index < -0.39 is 0 Å². The van der Waals surface area contributed by atoms with Crippen molar-refractivity contribution in [3.8, 4) is 0 Å². The number of hydrogen-bond donors (Lipinski definition) is 0. The van der Waals surface area contributed by atoms with E-state index in [-0.39, 0.29) is 0 Å². The van der Waals surface area contributed by atoms with E-state index in [1.807, 2.05) is 0 Å². The van der Waals surface area contributed by atoms with Crippen molar-refractivity contribution < 1.29 is 4.74 Å². The molecule has 0 atom stereocenters. The van der Waals surface area contributed by atoms with Gasteiger partial charge in [0, 0.05) is 0 Å². The van der Waals surface area contributed by atoms with Crippen molar-refractivity contribution >= 4 is 0 Å². The van der Waals surface area contributed by atoms with Crippen LogP contribution in [0, 0.1) is 5.41 Å². The van der Waals surface area contributed by atoms with Gasteiger partial charge in [0.15, 0.2) is 0 Å². The van der Waals surface area contributed by atoms with Gasteiger partial charge in [-0.3, -0.25) is 0 Å². The molecule has 0 saturated carbocycles. The van der Waals surface area contributed by atoms with E-state index in [0.717, 1.165) is 6.61 Å². The van der Waals surface area contributed by atoms with Crippen molar-refractivity contribution in [2.45, 2.75) is 46.5 Å². The van der Waals surface area contributed by atoms with Gasteiger partial charge in [-0.1, -0.05) is 46.6 Å². The van der Waals surface area contributed by atoms with E-state index in [1.165, 1.54) is 31.9 Å². The molecule has 0 radical (unpaired) electrons. The van der Waals surface area contributed by atoms with Crippen LogP contribution < -0.4 is 0 Å². The first-order valence-corrected chi connectivity index (χ1v) is 4.85. The number of hydrogen-bond acceptors (Lipinski definition) is 1. The van der Waals surface area contributed by atoms with E-state index in [2.05, 4.69) is 27.4 Å². The Balaban J connectivity index is 3.48. The summed E-state index contributed by atoms with van der Waals surface area (Å²) in [5.74, 6) is 0. The molecule has 0 spiro atoms. The first kappa shape index (κ1) is 11.5. The van der Waals surface area contributed by atoms with Crippen LogP contribution in [0.15, 0.2) is 12.8 Å². The van der Waals surface area contributed by atoms with Crippen LogP contribution in [0.4, 0.5) is 0 Å². The zero-order valence-corrected chi connectivity index (χ0v) is 8.73. The Bertz CT molecular complexity index is 116. The van der Waals surface area contributed by atoms with Gasteiger partial charge in [-0.25, -0.2) is 0 Å². The molecule has 0 unspecified atom stereocenters. The standard InChI is InChI=1S/C11H22O/c1-5-7-8-9-11(3,4)10-12-6-2/h6H,2,5,7-10H2,1,3-4H3. The molecular formula is C11H22O. The highest BCUT2D eigenvalue weighted by atomic mass is 16.5. The molecule has 0 aromatic heterocycles. The van der Waals surface area contributed by atoms with Crippen molar-refractivity contribution in [2.75, 3.05) is 6.61 Å². The Labute approximate surface area is 76.8 Å². The van der Waals surface area contributed by atoms with Crippen molar-refractivity contribution in [3.63, 3.8) is 0 Å². The van der Waals surface area contributed by atoms with Crippen LogP contribution in [0.3, 0.4) is 0 Å². The molecular weight excluding hydrogens is 148 g/mol. The predicted octanol–water partition coefficient (Wildman–Crippen LogP) is 3.75. The maximum atomic E-state index is 5.19. The normalized spacial score (nSPS) is 11.2. The van der Waals surface area contributed by atoms with Gasteiger partial charge in [-0.2, -0.15) is 0 Å². The molecule has 72 valence electrons. The fourth-order valence-corrected chi connectivity index (χ4v) is 1.21. The largest absolute Gasteiger partial charge is 0.501 e. The Morgan fingerprint density at radius 1 is 1.33 bits per heavy atom. The second-order valence-electron chi connectivity index (χ2n) is 4.10. The highest BCUT2D eigenvalue weighted by Gasteiger charge is 2.16. The van der Waals surface area contributed by atoms with E-state index in [4.69, 9.17) is 4.74 Å². The molecule has 12 heavy (non-hydrogen) atoms. The summed E-state index contributed by atoms with van der Waals surface area (Å²) in [5, 5.41) is 0. The topological polar surface area (TPSA) is 9.23 Å². The van der Waals surface area contributed by atoms with Gasteiger partial charge < -0.3 is 4.74 Å². The summed E-state index contributed by atoms with van der Waals surface area (Å²) in [6.07, 6.45) is 6.70. The Kier molecular flexibility index (Phi) is 5.87. The summed E-state index contributed by atoms with van der Waals surface area (Å²) in [5.41, 5.74) is 0.309. The molecule has 0 bridgehead atoms. The zero-order chi connectivity index (χ0) is 9.45. The minimum absolute atomic E-state index is 0.309. The number of ether oxygens (including phenoxy) is 1. The monoisotopic (exact) mass is 170 g/mol. The average molecular weight is 170 g/mol. The van der Waals surface area contributed by atoms with Crippen LogP contribution in [0.5, 0.6) is 0 Å². The molecule has 0 amide bonds. The van der Waals surface area contributed by atoms with Crippen molar-refractivity contribution in [2.24, 2.45) is 5.41 Å². The minimum atomic E-state index is 0.309. The summed E-state index contributed by atoms with van der Waals surface area (Å²) < 4.78 is 5.19. The summed E-state index contributed by atoms with van der Waals surface area (Å²) in [7, 11) is 0. The SMILES string of the molecule is C=COCC(C)(C)CCCCC. The third-order valence-electron chi connectivity index (χ3n) is 2.05. The lowest BCUT2D eigenvalue weighted by Crippen LogP contribution is -2.17. The highest BCUT2D eigenvalue weighted by molar-refractivity contribution is 4.69. The lowest BCUT2D eigenvalue weighted by molar-refractivity contribution is 0.127. The first-order valence-electron chi connectivity index (χ1n) is 4.85. The van der Waals surface area contributed by atoms with Gasteiger partial charge in [-0.05, 0) is 11.8 Å². The van der Waals surface area contributed by atoms with Crippen LogP contribution in [0.1, 0.15) is 46.5 Å². The van der Waals surface area contributed by atoms with Gasteiger partial charge >= 0.3 is 0 Å². The molecule has 0 aliphatic carbocycles.